The van der Waals surface area contributed by atoms with Gasteiger partial charge in [0.05, 0.1) is 16.1 Å². The molecule has 1 aliphatic rings. The molecule has 1 unspecified atom stereocenters. The molecule has 2 heterocycles. The second-order valence-electron chi connectivity index (χ2n) is 7.33. The Labute approximate surface area is 183 Å². The van der Waals surface area contributed by atoms with Crippen LogP contribution in [-0.4, -0.2) is 37.3 Å². The van der Waals surface area contributed by atoms with Gasteiger partial charge in [-0.2, -0.15) is 10.1 Å². The number of allylic oxidation sites excluding steroid dienone is 1. The first-order valence-electron chi connectivity index (χ1n) is 10.1. The molecular formula is C22H22N6O4. The number of aryl methyl sites for hydroxylation is 1. The van der Waals surface area contributed by atoms with E-state index in [1.807, 2.05) is 6.07 Å². The molecule has 10 nitrogen and oxygen atoms in total. The first-order valence-corrected chi connectivity index (χ1v) is 10.1. The number of benzene rings is 2. The van der Waals surface area contributed by atoms with Gasteiger partial charge in [-0.25, -0.2) is 4.68 Å². The molecular weight excluding hydrogens is 412 g/mol. The highest BCUT2D eigenvalue weighted by Gasteiger charge is 2.37. The minimum atomic E-state index is -0.855. The maximum Gasteiger partial charge on any atom is 0.275 e. The van der Waals surface area contributed by atoms with Crippen LogP contribution < -0.4 is 10.6 Å². The summed E-state index contributed by atoms with van der Waals surface area (Å²) in [5, 5.41) is 31.4. The molecule has 1 aliphatic heterocycles. The highest BCUT2D eigenvalue weighted by molar-refractivity contribution is 6.06. The van der Waals surface area contributed by atoms with Crippen molar-refractivity contribution in [2.75, 3.05) is 17.2 Å². The summed E-state index contributed by atoms with van der Waals surface area (Å²) in [6.07, 6.45) is 0.916. The number of aliphatic hydroxyl groups is 1. The van der Waals surface area contributed by atoms with Crippen LogP contribution in [0.5, 0.6) is 0 Å². The van der Waals surface area contributed by atoms with Crippen LogP contribution in [0.15, 0.2) is 65.9 Å². The standard InChI is InChI=1S/C22H22N6O4/c1-14-19(21(30)24-15-8-3-2-4-9-15)20(16-10-5-6-11-17(16)28(31)32)27-22(23-14)25-18(26-27)12-7-13-29/h2-6,8-11,20,29H,7,12-13H2,1H3,(H,24,30)(H,23,25,26). The number of nitrogens with zero attached hydrogens (tertiary/aromatic N) is 4. The molecule has 0 bridgehead atoms. The lowest BCUT2D eigenvalue weighted by molar-refractivity contribution is -0.385. The third-order valence-electron chi connectivity index (χ3n) is 5.16. The fraction of sp³-hybridized carbons (Fsp3) is 0.227. The molecule has 164 valence electrons. The summed E-state index contributed by atoms with van der Waals surface area (Å²) in [4.78, 5) is 29.1. The number of para-hydroxylation sites is 2. The van der Waals surface area contributed by atoms with Gasteiger partial charge in [-0.15, -0.1) is 0 Å². The van der Waals surface area contributed by atoms with Gasteiger partial charge < -0.3 is 15.7 Å². The molecule has 3 aromatic rings. The minimum absolute atomic E-state index is 0.00705. The normalized spacial score (nSPS) is 15.1. The molecule has 0 spiro atoms. The summed E-state index contributed by atoms with van der Waals surface area (Å²) in [6.45, 7) is 1.72. The van der Waals surface area contributed by atoms with Crippen LogP contribution in [0.25, 0.3) is 0 Å². The van der Waals surface area contributed by atoms with Crippen molar-refractivity contribution in [2.45, 2.75) is 25.8 Å². The number of aliphatic hydroxyl groups excluding tert-OH is 1. The van der Waals surface area contributed by atoms with Crippen molar-refractivity contribution in [2.24, 2.45) is 0 Å². The van der Waals surface area contributed by atoms with E-state index in [0.29, 0.717) is 47.1 Å². The summed E-state index contributed by atoms with van der Waals surface area (Å²) in [5.74, 6) is 0.458. The summed E-state index contributed by atoms with van der Waals surface area (Å²) in [6, 6.07) is 14.4. The second-order valence-corrected chi connectivity index (χ2v) is 7.33. The number of fused-ring (bicyclic) bond motifs is 1. The van der Waals surface area contributed by atoms with Gasteiger partial charge in [-0.1, -0.05) is 30.3 Å². The maximum absolute atomic E-state index is 13.4. The van der Waals surface area contributed by atoms with Crippen LogP contribution in [0, 0.1) is 10.1 Å². The van der Waals surface area contributed by atoms with E-state index >= 15 is 0 Å². The zero-order valence-corrected chi connectivity index (χ0v) is 17.4. The number of nitrogens with one attached hydrogen (secondary N) is 2. The topological polar surface area (TPSA) is 135 Å². The van der Waals surface area contributed by atoms with E-state index in [1.165, 1.54) is 10.7 Å². The molecule has 2 aromatic carbocycles. The molecule has 0 aliphatic carbocycles. The lowest BCUT2D eigenvalue weighted by Gasteiger charge is -2.28. The number of hydrogen-bond donors (Lipinski definition) is 3. The Balaban J connectivity index is 1.83. The average molecular weight is 434 g/mol. The second kappa shape index (κ2) is 8.98. The Morgan fingerprint density at radius 3 is 2.66 bits per heavy atom. The van der Waals surface area contributed by atoms with Gasteiger partial charge in [0.2, 0.25) is 5.95 Å². The molecule has 10 heteroatoms. The Kier molecular flexibility index (Phi) is 5.95. The molecule has 1 aromatic heterocycles. The lowest BCUT2D eigenvalue weighted by Crippen LogP contribution is -2.32. The van der Waals surface area contributed by atoms with Gasteiger partial charge in [0, 0.05) is 30.5 Å². The Bertz CT molecular complexity index is 1190. The Hall–Kier alpha value is -4.05. The molecule has 0 fully saturated rings. The fourth-order valence-corrected chi connectivity index (χ4v) is 3.72. The van der Waals surface area contributed by atoms with E-state index in [-0.39, 0.29) is 12.3 Å². The van der Waals surface area contributed by atoms with Gasteiger partial charge in [-0.05, 0) is 31.5 Å². The van der Waals surface area contributed by atoms with E-state index in [0.717, 1.165) is 0 Å². The summed E-state index contributed by atoms with van der Waals surface area (Å²) >= 11 is 0. The monoisotopic (exact) mass is 434 g/mol. The number of anilines is 2. The van der Waals surface area contributed by atoms with Crippen LogP contribution in [-0.2, 0) is 11.2 Å². The number of carbonyl (C=O) groups is 1. The Morgan fingerprint density at radius 1 is 1.22 bits per heavy atom. The zero-order valence-electron chi connectivity index (χ0n) is 17.4. The van der Waals surface area contributed by atoms with Crippen molar-refractivity contribution in [3.05, 3.63) is 87.4 Å². The van der Waals surface area contributed by atoms with Crippen molar-refractivity contribution in [3.63, 3.8) is 0 Å². The summed E-state index contributed by atoms with van der Waals surface area (Å²) in [5.41, 5.74) is 1.64. The number of nitro groups is 1. The van der Waals surface area contributed by atoms with E-state index in [2.05, 4.69) is 20.7 Å². The number of carbonyl (C=O) groups excluding carboxylic acids is 1. The highest BCUT2D eigenvalue weighted by atomic mass is 16.6. The first-order chi connectivity index (χ1) is 15.5. The molecule has 4 rings (SSSR count). The number of amides is 1. The van der Waals surface area contributed by atoms with E-state index < -0.39 is 16.9 Å². The van der Waals surface area contributed by atoms with Crippen molar-refractivity contribution in [1.82, 2.24) is 14.8 Å². The molecule has 1 amide bonds. The fourth-order valence-electron chi connectivity index (χ4n) is 3.72. The van der Waals surface area contributed by atoms with E-state index in [1.54, 1.807) is 49.4 Å². The average Bonchev–Trinajstić information content (AvgIpc) is 3.19. The van der Waals surface area contributed by atoms with Crippen LogP contribution in [0.4, 0.5) is 17.3 Å². The van der Waals surface area contributed by atoms with Crippen LogP contribution >= 0.6 is 0 Å². The van der Waals surface area contributed by atoms with E-state index in [9.17, 15) is 14.9 Å². The predicted octanol–water partition coefficient (Wildman–Crippen LogP) is 3.04. The zero-order chi connectivity index (χ0) is 22.7. The highest BCUT2D eigenvalue weighted by Crippen LogP contribution is 2.39. The molecule has 0 saturated carbocycles. The smallest absolute Gasteiger partial charge is 0.275 e. The molecule has 3 N–H and O–H groups in total. The number of aromatic nitrogens is 3. The van der Waals surface area contributed by atoms with Gasteiger partial charge >= 0.3 is 0 Å². The number of hydrogen-bond acceptors (Lipinski definition) is 7. The van der Waals surface area contributed by atoms with Crippen molar-refractivity contribution in [1.29, 1.82) is 0 Å². The van der Waals surface area contributed by atoms with Crippen molar-refractivity contribution < 1.29 is 14.8 Å². The van der Waals surface area contributed by atoms with Crippen molar-refractivity contribution >= 4 is 23.2 Å². The van der Waals surface area contributed by atoms with Crippen molar-refractivity contribution in [3.8, 4) is 0 Å². The molecule has 32 heavy (non-hydrogen) atoms. The number of rotatable bonds is 7. The predicted molar refractivity (Wildman–Crippen MR) is 118 cm³/mol. The Morgan fingerprint density at radius 2 is 1.94 bits per heavy atom. The van der Waals surface area contributed by atoms with E-state index in [4.69, 9.17) is 5.11 Å². The summed E-state index contributed by atoms with van der Waals surface area (Å²) in [7, 11) is 0. The van der Waals surface area contributed by atoms with Crippen LogP contribution in [0.2, 0.25) is 0 Å². The maximum atomic E-state index is 13.4. The van der Waals surface area contributed by atoms with Gasteiger partial charge in [0.15, 0.2) is 5.82 Å². The summed E-state index contributed by atoms with van der Waals surface area (Å²) < 4.78 is 1.50. The minimum Gasteiger partial charge on any atom is -0.396 e. The first kappa shape index (κ1) is 21.2. The molecule has 0 radical (unpaired) electrons. The number of nitro benzene ring substituents is 1. The van der Waals surface area contributed by atoms with Crippen LogP contribution in [0.3, 0.4) is 0 Å². The quantitative estimate of drug-likeness (QED) is 0.384. The molecule has 0 saturated heterocycles. The SMILES string of the molecule is CC1=C(C(=O)Nc2ccccc2)C(c2ccccc2[N+](=O)[O-])n2nc(CCCO)nc2N1. The van der Waals surface area contributed by atoms with Gasteiger partial charge in [0.1, 0.15) is 6.04 Å². The largest absolute Gasteiger partial charge is 0.396 e. The van der Waals surface area contributed by atoms with Crippen LogP contribution in [0.1, 0.15) is 30.8 Å². The van der Waals surface area contributed by atoms with Gasteiger partial charge in [0.25, 0.3) is 11.6 Å². The third-order valence-corrected chi connectivity index (χ3v) is 5.16. The molecule has 1 atom stereocenters. The van der Waals surface area contributed by atoms with Gasteiger partial charge in [-0.3, -0.25) is 14.9 Å². The lowest BCUT2D eigenvalue weighted by atomic mass is 9.93. The third kappa shape index (κ3) is 4.08.